The van der Waals surface area contributed by atoms with Crippen LogP contribution < -0.4 is 10.6 Å². The molecule has 3 N–H and O–H groups in total. The maximum absolute atomic E-state index is 9.81. The molecule has 0 aliphatic rings. The standard InChI is InChI=1S/C17H29N3O2/c1-5-18-17(19-8-7-9-22-6-2)20-12-15-10-13(3)16(21)14(4)11-15/h10-11,21H,5-9,12H2,1-4H3,(H2,18,19,20). The minimum absolute atomic E-state index is 0.369. The zero-order valence-corrected chi connectivity index (χ0v) is 14.2. The Morgan fingerprint density at radius 1 is 1.18 bits per heavy atom. The lowest BCUT2D eigenvalue weighted by Gasteiger charge is -2.12. The molecule has 0 fully saturated rings. The molecule has 1 aromatic rings. The van der Waals surface area contributed by atoms with Crippen molar-refractivity contribution in [2.24, 2.45) is 4.99 Å². The van der Waals surface area contributed by atoms with Gasteiger partial charge in [0.15, 0.2) is 5.96 Å². The van der Waals surface area contributed by atoms with Crippen LogP contribution in [0.5, 0.6) is 5.75 Å². The van der Waals surface area contributed by atoms with E-state index in [0.29, 0.717) is 12.3 Å². The van der Waals surface area contributed by atoms with Gasteiger partial charge in [0, 0.05) is 26.3 Å². The van der Waals surface area contributed by atoms with E-state index in [1.807, 2.05) is 39.8 Å². The molecule has 0 saturated heterocycles. The maximum Gasteiger partial charge on any atom is 0.191 e. The highest BCUT2D eigenvalue weighted by molar-refractivity contribution is 5.79. The fraction of sp³-hybridized carbons (Fsp3) is 0.588. The predicted molar refractivity (Wildman–Crippen MR) is 91.5 cm³/mol. The minimum atomic E-state index is 0.369. The van der Waals surface area contributed by atoms with Crippen molar-refractivity contribution in [2.75, 3.05) is 26.3 Å². The fourth-order valence-corrected chi connectivity index (χ4v) is 2.17. The van der Waals surface area contributed by atoms with Gasteiger partial charge < -0.3 is 20.5 Å². The maximum atomic E-state index is 9.81. The van der Waals surface area contributed by atoms with Gasteiger partial charge in [0.2, 0.25) is 0 Å². The second-order valence-electron chi connectivity index (χ2n) is 5.25. The summed E-state index contributed by atoms with van der Waals surface area (Å²) in [7, 11) is 0. The molecule has 0 heterocycles. The second kappa shape index (κ2) is 10.1. The van der Waals surface area contributed by atoms with Gasteiger partial charge in [-0.05, 0) is 50.8 Å². The molecule has 22 heavy (non-hydrogen) atoms. The number of benzene rings is 1. The highest BCUT2D eigenvalue weighted by atomic mass is 16.5. The Hall–Kier alpha value is -1.75. The van der Waals surface area contributed by atoms with Crippen LogP contribution in [0.1, 0.15) is 37.0 Å². The summed E-state index contributed by atoms with van der Waals surface area (Å²) in [5.41, 5.74) is 2.87. The Kier molecular flexibility index (Phi) is 8.36. The van der Waals surface area contributed by atoms with Crippen molar-refractivity contribution in [3.8, 4) is 5.75 Å². The molecule has 0 atom stereocenters. The highest BCUT2D eigenvalue weighted by Crippen LogP contribution is 2.23. The van der Waals surface area contributed by atoms with E-state index < -0.39 is 0 Å². The van der Waals surface area contributed by atoms with Crippen molar-refractivity contribution in [2.45, 2.75) is 40.7 Å². The van der Waals surface area contributed by atoms with Crippen LogP contribution in [0.25, 0.3) is 0 Å². The highest BCUT2D eigenvalue weighted by Gasteiger charge is 2.03. The van der Waals surface area contributed by atoms with Crippen molar-refractivity contribution in [3.63, 3.8) is 0 Å². The molecule has 5 nitrogen and oxygen atoms in total. The number of aromatic hydroxyl groups is 1. The SMILES string of the molecule is CCNC(=NCc1cc(C)c(O)c(C)c1)NCCCOCC. The third kappa shape index (κ3) is 6.35. The van der Waals surface area contributed by atoms with E-state index in [2.05, 4.69) is 15.6 Å². The molecule has 0 amide bonds. The number of phenolic OH excluding ortho intramolecular Hbond substituents is 1. The van der Waals surface area contributed by atoms with Gasteiger partial charge in [-0.25, -0.2) is 4.99 Å². The van der Waals surface area contributed by atoms with Crippen molar-refractivity contribution < 1.29 is 9.84 Å². The van der Waals surface area contributed by atoms with Crippen LogP contribution in [0.4, 0.5) is 0 Å². The van der Waals surface area contributed by atoms with Gasteiger partial charge in [0.05, 0.1) is 6.54 Å². The summed E-state index contributed by atoms with van der Waals surface area (Å²) in [6.07, 6.45) is 0.954. The molecule has 0 spiro atoms. The van der Waals surface area contributed by atoms with E-state index in [1.165, 1.54) is 0 Å². The molecule has 0 bridgehead atoms. The van der Waals surface area contributed by atoms with Crippen LogP contribution in [0.3, 0.4) is 0 Å². The van der Waals surface area contributed by atoms with Gasteiger partial charge in [-0.3, -0.25) is 0 Å². The van der Waals surface area contributed by atoms with Crippen molar-refractivity contribution in [1.82, 2.24) is 10.6 Å². The van der Waals surface area contributed by atoms with Crippen LogP contribution in [0, 0.1) is 13.8 Å². The number of hydrogen-bond acceptors (Lipinski definition) is 3. The van der Waals surface area contributed by atoms with Gasteiger partial charge in [0.1, 0.15) is 5.75 Å². The normalized spacial score (nSPS) is 11.5. The summed E-state index contributed by atoms with van der Waals surface area (Å²) in [5.74, 6) is 1.18. The number of aryl methyl sites for hydroxylation is 2. The molecule has 0 unspecified atom stereocenters. The van der Waals surface area contributed by atoms with Crippen molar-refractivity contribution >= 4 is 5.96 Å². The van der Waals surface area contributed by atoms with Gasteiger partial charge in [-0.15, -0.1) is 0 Å². The lowest BCUT2D eigenvalue weighted by atomic mass is 10.1. The van der Waals surface area contributed by atoms with Gasteiger partial charge in [-0.1, -0.05) is 12.1 Å². The third-order valence-corrected chi connectivity index (χ3v) is 3.28. The molecule has 1 aromatic carbocycles. The molecule has 0 aliphatic heterocycles. The first-order chi connectivity index (χ1) is 10.6. The Labute approximate surface area is 133 Å². The molecular formula is C17H29N3O2. The van der Waals surface area contributed by atoms with Crippen molar-refractivity contribution in [1.29, 1.82) is 0 Å². The van der Waals surface area contributed by atoms with Crippen LogP contribution in [-0.4, -0.2) is 37.4 Å². The molecule has 0 saturated carbocycles. The van der Waals surface area contributed by atoms with E-state index in [9.17, 15) is 5.11 Å². The number of hydrogen-bond donors (Lipinski definition) is 3. The summed E-state index contributed by atoms with van der Waals surface area (Å²) in [6, 6.07) is 3.95. The first-order valence-electron chi connectivity index (χ1n) is 7.97. The van der Waals surface area contributed by atoms with Gasteiger partial charge in [-0.2, -0.15) is 0 Å². The number of nitrogens with zero attached hydrogens (tertiary/aromatic N) is 1. The molecule has 5 heteroatoms. The fourth-order valence-electron chi connectivity index (χ4n) is 2.17. The van der Waals surface area contributed by atoms with Crippen LogP contribution in [0.2, 0.25) is 0 Å². The van der Waals surface area contributed by atoms with Crippen LogP contribution in [0.15, 0.2) is 17.1 Å². The monoisotopic (exact) mass is 307 g/mol. The number of rotatable bonds is 8. The zero-order valence-electron chi connectivity index (χ0n) is 14.2. The van der Waals surface area contributed by atoms with E-state index in [4.69, 9.17) is 4.74 Å². The molecule has 0 aliphatic carbocycles. The Morgan fingerprint density at radius 2 is 1.86 bits per heavy atom. The molecule has 0 radical (unpaired) electrons. The lowest BCUT2D eigenvalue weighted by Crippen LogP contribution is -2.38. The smallest absolute Gasteiger partial charge is 0.191 e. The summed E-state index contributed by atoms with van der Waals surface area (Å²) < 4.78 is 5.32. The number of ether oxygens (including phenoxy) is 1. The molecule has 1 rings (SSSR count). The first-order valence-corrected chi connectivity index (χ1v) is 7.97. The van der Waals surface area contributed by atoms with Crippen LogP contribution >= 0.6 is 0 Å². The third-order valence-electron chi connectivity index (χ3n) is 3.28. The summed E-state index contributed by atoms with van der Waals surface area (Å²) in [4.78, 5) is 4.59. The Bertz CT molecular complexity index is 464. The summed E-state index contributed by atoms with van der Waals surface area (Å²) in [6.45, 7) is 11.6. The number of phenols is 1. The van der Waals surface area contributed by atoms with Crippen molar-refractivity contribution in [3.05, 3.63) is 28.8 Å². The van der Waals surface area contributed by atoms with Gasteiger partial charge in [0.25, 0.3) is 0 Å². The Balaban J connectivity index is 2.58. The number of aliphatic imine (C=N–C) groups is 1. The minimum Gasteiger partial charge on any atom is -0.507 e. The van der Waals surface area contributed by atoms with E-state index in [-0.39, 0.29) is 0 Å². The number of guanidine groups is 1. The lowest BCUT2D eigenvalue weighted by molar-refractivity contribution is 0.145. The van der Waals surface area contributed by atoms with E-state index in [0.717, 1.165) is 55.4 Å². The topological polar surface area (TPSA) is 65.9 Å². The predicted octanol–water partition coefficient (Wildman–Crippen LogP) is 2.49. The molecule has 124 valence electrons. The van der Waals surface area contributed by atoms with Crippen LogP contribution in [-0.2, 0) is 11.3 Å². The largest absolute Gasteiger partial charge is 0.507 e. The van der Waals surface area contributed by atoms with E-state index in [1.54, 1.807) is 0 Å². The first kappa shape index (κ1) is 18.3. The summed E-state index contributed by atoms with van der Waals surface area (Å²) >= 11 is 0. The summed E-state index contributed by atoms with van der Waals surface area (Å²) in [5, 5.41) is 16.3. The second-order valence-corrected chi connectivity index (χ2v) is 5.25. The average molecular weight is 307 g/mol. The Morgan fingerprint density at radius 3 is 2.45 bits per heavy atom. The van der Waals surface area contributed by atoms with E-state index >= 15 is 0 Å². The van der Waals surface area contributed by atoms with Gasteiger partial charge >= 0.3 is 0 Å². The number of nitrogens with one attached hydrogen (secondary N) is 2. The molecule has 0 aromatic heterocycles. The average Bonchev–Trinajstić information content (AvgIpc) is 2.49. The quantitative estimate of drug-likeness (QED) is 0.392. The molecular weight excluding hydrogens is 278 g/mol. The zero-order chi connectivity index (χ0) is 16.4.